The van der Waals surface area contributed by atoms with Crippen LogP contribution in [-0.4, -0.2) is 28.6 Å². The summed E-state index contributed by atoms with van der Waals surface area (Å²) in [4.78, 5) is 13.6. The Bertz CT molecular complexity index is 399. The minimum absolute atomic E-state index is 0.231. The van der Waals surface area contributed by atoms with E-state index in [1.165, 1.54) is 25.7 Å². The molecule has 0 atom stereocenters. The van der Waals surface area contributed by atoms with Gasteiger partial charge in [-0.25, -0.2) is 5.84 Å². The fourth-order valence-electron chi connectivity index (χ4n) is 2.54. The normalized spacial score (nSPS) is 16.4. The summed E-state index contributed by atoms with van der Waals surface area (Å²) in [5.74, 6) is 5.34. The standard InChI is InChI=1S/C12H20N4O2/c1-2-16(9-5-3-4-6-9)8-10-7-11(15-18-10)12(17)14-13/h7,9H,2-6,8,13H2,1H3,(H,14,17). The summed E-state index contributed by atoms with van der Waals surface area (Å²) in [6, 6.07) is 2.28. The fourth-order valence-corrected chi connectivity index (χ4v) is 2.54. The molecule has 6 nitrogen and oxygen atoms in total. The number of nitrogens with zero attached hydrogens (tertiary/aromatic N) is 2. The van der Waals surface area contributed by atoms with Crippen LogP contribution in [0.1, 0.15) is 48.9 Å². The molecule has 1 amide bonds. The highest BCUT2D eigenvalue weighted by Gasteiger charge is 2.23. The number of carbonyl (C=O) groups excluding carboxylic acids is 1. The van der Waals surface area contributed by atoms with E-state index < -0.39 is 5.91 Å². The van der Waals surface area contributed by atoms with Crippen LogP contribution in [0, 0.1) is 0 Å². The van der Waals surface area contributed by atoms with Crippen molar-refractivity contribution in [2.75, 3.05) is 6.54 Å². The molecular formula is C12H20N4O2. The molecule has 1 aliphatic rings. The van der Waals surface area contributed by atoms with Crippen LogP contribution in [0.2, 0.25) is 0 Å². The van der Waals surface area contributed by atoms with Gasteiger partial charge in [0.15, 0.2) is 11.5 Å². The molecule has 0 unspecified atom stereocenters. The Morgan fingerprint density at radius 1 is 1.61 bits per heavy atom. The fraction of sp³-hybridized carbons (Fsp3) is 0.667. The molecule has 1 aliphatic carbocycles. The van der Waals surface area contributed by atoms with Crippen LogP contribution in [0.15, 0.2) is 10.6 Å². The molecule has 1 heterocycles. The number of aromatic nitrogens is 1. The third kappa shape index (κ3) is 2.88. The average Bonchev–Trinajstić information content (AvgIpc) is 3.05. The first-order valence-electron chi connectivity index (χ1n) is 6.45. The number of amides is 1. The Labute approximate surface area is 106 Å². The molecule has 2 rings (SSSR count). The van der Waals surface area contributed by atoms with Gasteiger partial charge in [0.25, 0.3) is 5.91 Å². The van der Waals surface area contributed by atoms with E-state index >= 15 is 0 Å². The lowest BCUT2D eigenvalue weighted by atomic mass is 10.2. The molecule has 3 N–H and O–H groups in total. The van der Waals surface area contributed by atoms with E-state index in [1.54, 1.807) is 6.07 Å². The molecule has 100 valence electrons. The predicted molar refractivity (Wildman–Crippen MR) is 66.5 cm³/mol. The summed E-state index contributed by atoms with van der Waals surface area (Å²) < 4.78 is 5.17. The zero-order chi connectivity index (χ0) is 13.0. The summed E-state index contributed by atoms with van der Waals surface area (Å²) in [6.45, 7) is 3.82. The summed E-state index contributed by atoms with van der Waals surface area (Å²) in [7, 11) is 0. The molecule has 0 aromatic carbocycles. The van der Waals surface area contributed by atoms with E-state index in [0.29, 0.717) is 18.3 Å². The highest BCUT2D eigenvalue weighted by molar-refractivity contribution is 5.91. The van der Waals surface area contributed by atoms with E-state index in [0.717, 1.165) is 6.54 Å². The lowest BCUT2D eigenvalue weighted by Gasteiger charge is -2.25. The van der Waals surface area contributed by atoms with Gasteiger partial charge >= 0.3 is 0 Å². The summed E-state index contributed by atoms with van der Waals surface area (Å²) in [5.41, 5.74) is 2.27. The number of carbonyl (C=O) groups is 1. The molecule has 0 radical (unpaired) electrons. The minimum Gasteiger partial charge on any atom is -0.359 e. The Balaban J connectivity index is 1.98. The van der Waals surface area contributed by atoms with Crippen molar-refractivity contribution in [2.24, 2.45) is 5.84 Å². The number of hydrogen-bond donors (Lipinski definition) is 2. The number of nitrogen functional groups attached to an aromatic ring is 1. The molecule has 1 fully saturated rings. The van der Waals surface area contributed by atoms with E-state index in [4.69, 9.17) is 10.4 Å². The molecule has 6 heteroatoms. The topological polar surface area (TPSA) is 84.4 Å². The van der Waals surface area contributed by atoms with Crippen molar-refractivity contribution >= 4 is 5.91 Å². The minimum atomic E-state index is -0.422. The molecule has 0 spiro atoms. The molecule has 1 aromatic heterocycles. The van der Waals surface area contributed by atoms with Gasteiger partial charge in [-0.2, -0.15) is 0 Å². The Morgan fingerprint density at radius 3 is 2.94 bits per heavy atom. The zero-order valence-electron chi connectivity index (χ0n) is 10.7. The second-order valence-corrected chi connectivity index (χ2v) is 4.65. The molecule has 1 saturated carbocycles. The maximum atomic E-state index is 11.3. The van der Waals surface area contributed by atoms with Crippen molar-refractivity contribution < 1.29 is 9.32 Å². The van der Waals surface area contributed by atoms with Crippen LogP contribution in [0.4, 0.5) is 0 Å². The second-order valence-electron chi connectivity index (χ2n) is 4.65. The highest BCUT2D eigenvalue weighted by Crippen LogP contribution is 2.24. The predicted octanol–water partition coefficient (Wildman–Crippen LogP) is 1.04. The van der Waals surface area contributed by atoms with E-state index in [9.17, 15) is 4.79 Å². The SMILES string of the molecule is CCN(Cc1cc(C(=O)NN)no1)C1CCCC1. The van der Waals surface area contributed by atoms with Crippen molar-refractivity contribution in [1.29, 1.82) is 0 Å². The third-order valence-corrected chi connectivity index (χ3v) is 3.53. The molecule has 0 aliphatic heterocycles. The zero-order valence-corrected chi connectivity index (χ0v) is 10.7. The number of rotatable bonds is 5. The van der Waals surface area contributed by atoms with Crippen LogP contribution in [0.3, 0.4) is 0 Å². The van der Waals surface area contributed by atoms with Crippen molar-refractivity contribution in [3.8, 4) is 0 Å². The van der Waals surface area contributed by atoms with Gasteiger partial charge in [0, 0.05) is 12.1 Å². The number of hydrogen-bond acceptors (Lipinski definition) is 5. The lowest BCUT2D eigenvalue weighted by molar-refractivity contribution is 0.0944. The number of nitrogens with two attached hydrogens (primary N) is 1. The Kier molecular flexibility index (Phi) is 4.33. The van der Waals surface area contributed by atoms with Gasteiger partial charge in [-0.3, -0.25) is 15.1 Å². The number of hydrazine groups is 1. The Morgan fingerprint density at radius 2 is 2.33 bits per heavy atom. The second kappa shape index (κ2) is 5.97. The summed E-state index contributed by atoms with van der Waals surface area (Å²) in [5, 5.41) is 3.71. The number of nitrogens with one attached hydrogen (secondary N) is 1. The molecular weight excluding hydrogens is 232 g/mol. The molecule has 1 aromatic rings. The van der Waals surface area contributed by atoms with Gasteiger partial charge in [-0.05, 0) is 19.4 Å². The quantitative estimate of drug-likeness (QED) is 0.465. The van der Waals surface area contributed by atoms with Crippen molar-refractivity contribution in [2.45, 2.75) is 45.2 Å². The molecule has 18 heavy (non-hydrogen) atoms. The van der Waals surface area contributed by atoms with E-state index in [1.807, 2.05) is 5.43 Å². The van der Waals surface area contributed by atoms with Gasteiger partial charge in [0.2, 0.25) is 0 Å². The third-order valence-electron chi connectivity index (χ3n) is 3.53. The lowest BCUT2D eigenvalue weighted by Crippen LogP contribution is -2.32. The first-order valence-corrected chi connectivity index (χ1v) is 6.45. The molecule has 0 saturated heterocycles. The first-order chi connectivity index (χ1) is 8.74. The summed E-state index contributed by atoms with van der Waals surface area (Å²) >= 11 is 0. The monoisotopic (exact) mass is 252 g/mol. The summed E-state index contributed by atoms with van der Waals surface area (Å²) in [6.07, 6.45) is 5.10. The van der Waals surface area contributed by atoms with Gasteiger partial charge in [0.05, 0.1) is 6.54 Å². The maximum absolute atomic E-state index is 11.3. The van der Waals surface area contributed by atoms with Gasteiger partial charge in [-0.1, -0.05) is 24.9 Å². The van der Waals surface area contributed by atoms with Gasteiger partial charge < -0.3 is 4.52 Å². The molecule has 0 bridgehead atoms. The smallest absolute Gasteiger partial charge is 0.287 e. The van der Waals surface area contributed by atoms with Crippen molar-refractivity contribution in [3.63, 3.8) is 0 Å². The van der Waals surface area contributed by atoms with E-state index in [2.05, 4.69) is 17.0 Å². The Hall–Kier alpha value is -1.40. The van der Waals surface area contributed by atoms with E-state index in [-0.39, 0.29) is 5.69 Å². The van der Waals surface area contributed by atoms with Gasteiger partial charge in [-0.15, -0.1) is 0 Å². The van der Waals surface area contributed by atoms with Crippen molar-refractivity contribution in [3.05, 3.63) is 17.5 Å². The first kappa shape index (κ1) is 13.0. The highest BCUT2D eigenvalue weighted by atomic mass is 16.5. The van der Waals surface area contributed by atoms with Crippen LogP contribution in [-0.2, 0) is 6.54 Å². The largest absolute Gasteiger partial charge is 0.359 e. The van der Waals surface area contributed by atoms with Crippen LogP contribution >= 0.6 is 0 Å². The average molecular weight is 252 g/mol. The van der Waals surface area contributed by atoms with Gasteiger partial charge in [0.1, 0.15) is 0 Å². The van der Waals surface area contributed by atoms with Crippen molar-refractivity contribution in [1.82, 2.24) is 15.5 Å². The van der Waals surface area contributed by atoms with Crippen LogP contribution in [0.5, 0.6) is 0 Å². The van der Waals surface area contributed by atoms with Crippen LogP contribution in [0.25, 0.3) is 0 Å². The van der Waals surface area contributed by atoms with Crippen LogP contribution < -0.4 is 11.3 Å². The maximum Gasteiger partial charge on any atom is 0.287 e.